The predicted molar refractivity (Wildman–Crippen MR) is 88.5 cm³/mol. The third-order valence-corrected chi connectivity index (χ3v) is 5.93. The lowest BCUT2D eigenvalue weighted by Gasteiger charge is -2.37. The Balaban J connectivity index is 1.41. The van der Waals surface area contributed by atoms with E-state index in [9.17, 15) is 4.39 Å². The second kappa shape index (κ2) is 7.48. The SMILES string of the molecule is CC1CCC(C2CCC(COc3ccccc3F)CC2)CC1. The number of hydrogen-bond donors (Lipinski definition) is 0. The van der Waals surface area contributed by atoms with Crippen molar-refractivity contribution < 1.29 is 9.13 Å². The first-order chi connectivity index (χ1) is 10.7. The van der Waals surface area contributed by atoms with Gasteiger partial charge in [0.05, 0.1) is 6.61 Å². The molecule has 0 N–H and O–H groups in total. The van der Waals surface area contributed by atoms with Gasteiger partial charge in [-0.05, 0) is 74.3 Å². The van der Waals surface area contributed by atoms with Crippen LogP contribution in [0.25, 0.3) is 0 Å². The quantitative estimate of drug-likeness (QED) is 0.679. The molecule has 0 spiro atoms. The monoisotopic (exact) mass is 304 g/mol. The van der Waals surface area contributed by atoms with E-state index in [-0.39, 0.29) is 5.82 Å². The Bertz CT molecular complexity index is 457. The molecule has 0 unspecified atom stereocenters. The van der Waals surface area contributed by atoms with Gasteiger partial charge in [-0.25, -0.2) is 4.39 Å². The van der Waals surface area contributed by atoms with Crippen molar-refractivity contribution in [2.75, 3.05) is 6.61 Å². The molecule has 3 rings (SSSR count). The fraction of sp³-hybridized carbons (Fsp3) is 0.700. The summed E-state index contributed by atoms with van der Waals surface area (Å²) in [6.07, 6.45) is 11.0. The molecule has 1 nitrogen and oxygen atoms in total. The lowest BCUT2D eigenvalue weighted by molar-refractivity contribution is 0.124. The first kappa shape index (κ1) is 15.8. The Hall–Kier alpha value is -1.05. The average Bonchev–Trinajstić information content (AvgIpc) is 2.55. The molecular formula is C20H29FO. The molecule has 0 heterocycles. The van der Waals surface area contributed by atoms with Gasteiger partial charge in [0.15, 0.2) is 11.6 Å². The summed E-state index contributed by atoms with van der Waals surface area (Å²) in [4.78, 5) is 0. The highest BCUT2D eigenvalue weighted by molar-refractivity contribution is 5.23. The Morgan fingerprint density at radius 3 is 2.14 bits per heavy atom. The van der Waals surface area contributed by atoms with Crippen molar-refractivity contribution in [3.05, 3.63) is 30.1 Å². The fourth-order valence-electron chi connectivity index (χ4n) is 4.35. The minimum absolute atomic E-state index is 0.243. The summed E-state index contributed by atoms with van der Waals surface area (Å²) in [5.74, 6) is 3.64. The highest BCUT2D eigenvalue weighted by Crippen LogP contribution is 2.41. The van der Waals surface area contributed by atoms with E-state index in [1.807, 2.05) is 6.07 Å². The molecule has 0 aliphatic heterocycles. The van der Waals surface area contributed by atoms with Gasteiger partial charge in [0.25, 0.3) is 0 Å². The van der Waals surface area contributed by atoms with Crippen LogP contribution in [0.1, 0.15) is 58.3 Å². The molecule has 1 aromatic rings. The van der Waals surface area contributed by atoms with Crippen LogP contribution in [0.15, 0.2) is 24.3 Å². The van der Waals surface area contributed by atoms with Crippen LogP contribution in [0.5, 0.6) is 5.75 Å². The van der Waals surface area contributed by atoms with Crippen LogP contribution in [0.3, 0.4) is 0 Å². The highest BCUT2D eigenvalue weighted by atomic mass is 19.1. The van der Waals surface area contributed by atoms with Crippen LogP contribution < -0.4 is 4.74 Å². The second-order valence-electron chi connectivity index (χ2n) is 7.54. The van der Waals surface area contributed by atoms with Gasteiger partial charge in [-0.15, -0.1) is 0 Å². The summed E-state index contributed by atoms with van der Waals surface area (Å²) in [5, 5.41) is 0. The third-order valence-electron chi connectivity index (χ3n) is 5.93. The summed E-state index contributed by atoms with van der Waals surface area (Å²) in [6, 6.07) is 6.73. The normalized spacial score (nSPS) is 32.6. The molecule has 2 fully saturated rings. The summed E-state index contributed by atoms with van der Waals surface area (Å²) in [6.45, 7) is 3.07. The molecule has 0 radical (unpaired) electrons. The molecule has 122 valence electrons. The van der Waals surface area contributed by atoms with Crippen molar-refractivity contribution in [1.29, 1.82) is 0 Å². The molecule has 0 bridgehead atoms. The highest BCUT2D eigenvalue weighted by Gasteiger charge is 2.30. The third kappa shape index (κ3) is 4.02. The zero-order chi connectivity index (χ0) is 15.4. The molecule has 0 amide bonds. The summed E-state index contributed by atoms with van der Waals surface area (Å²) in [5.41, 5.74) is 0. The van der Waals surface area contributed by atoms with Crippen molar-refractivity contribution in [1.82, 2.24) is 0 Å². The van der Waals surface area contributed by atoms with Gasteiger partial charge in [-0.1, -0.05) is 31.9 Å². The first-order valence-electron chi connectivity index (χ1n) is 9.09. The predicted octanol–water partition coefficient (Wildman–Crippen LogP) is 5.84. The van der Waals surface area contributed by atoms with Gasteiger partial charge in [0.2, 0.25) is 0 Å². The minimum Gasteiger partial charge on any atom is -0.490 e. The molecular weight excluding hydrogens is 275 g/mol. The number of halogens is 1. The maximum Gasteiger partial charge on any atom is 0.165 e. The number of hydrogen-bond acceptors (Lipinski definition) is 1. The molecule has 2 heteroatoms. The molecule has 2 saturated carbocycles. The van der Waals surface area contributed by atoms with E-state index in [0.29, 0.717) is 18.3 Å². The zero-order valence-corrected chi connectivity index (χ0v) is 13.8. The van der Waals surface area contributed by atoms with E-state index in [1.54, 1.807) is 12.1 Å². The Kier molecular flexibility index (Phi) is 5.38. The topological polar surface area (TPSA) is 9.23 Å². The van der Waals surface area contributed by atoms with Gasteiger partial charge >= 0.3 is 0 Å². The van der Waals surface area contributed by atoms with E-state index in [4.69, 9.17) is 4.74 Å². The van der Waals surface area contributed by atoms with Gasteiger partial charge in [-0.3, -0.25) is 0 Å². The van der Waals surface area contributed by atoms with Crippen LogP contribution in [-0.2, 0) is 0 Å². The number of para-hydroxylation sites is 1. The standard InChI is InChI=1S/C20H29FO/c1-15-6-10-17(11-7-15)18-12-8-16(9-13-18)14-22-20-5-3-2-4-19(20)21/h2-5,15-18H,6-14H2,1H3. The summed E-state index contributed by atoms with van der Waals surface area (Å²) in [7, 11) is 0. The van der Waals surface area contributed by atoms with Crippen molar-refractivity contribution in [3.63, 3.8) is 0 Å². The van der Waals surface area contributed by atoms with Gasteiger partial charge in [0.1, 0.15) is 0 Å². The second-order valence-corrected chi connectivity index (χ2v) is 7.54. The molecule has 0 aromatic heterocycles. The van der Waals surface area contributed by atoms with Gasteiger partial charge in [0, 0.05) is 0 Å². The number of rotatable bonds is 4. The molecule has 0 saturated heterocycles. The van der Waals surface area contributed by atoms with Crippen molar-refractivity contribution >= 4 is 0 Å². The maximum atomic E-state index is 13.6. The lowest BCUT2D eigenvalue weighted by Crippen LogP contribution is -2.27. The largest absolute Gasteiger partial charge is 0.490 e. The van der Waals surface area contributed by atoms with Crippen molar-refractivity contribution in [2.24, 2.45) is 23.7 Å². The number of ether oxygens (including phenoxy) is 1. The number of benzene rings is 1. The Morgan fingerprint density at radius 1 is 0.909 bits per heavy atom. The fourth-order valence-corrected chi connectivity index (χ4v) is 4.35. The van der Waals surface area contributed by atoms with E-state index in [1.165, 1.54) is 57.4 Å². The smallest absolute Gasteiger partial charge is 0.165 e. The van der Waals surface area contributed by atoms with Gasteiger partial charge in [-0.2, -0.15) is 0 Å². The summed E-state index contributed by atoms with van der Waals surface area (Å²) >= 11 is 0. The molecule has 2 aliphatic rings. The van der Waals surface area contributed by atoms with Crippen molar-refractivity contribution in [3.8, 4) is 5.75 Å². The molecule has 1 aromatic carbocycles. The van der Waals surface area contributed by atoms with Crippen LogP contribution in [0.2, 0.25) is 0 Å². The van der Waals surface area contributed by atoms with Crippen LogP contribution >= 0.6 is 0 Å². The zero-order valence-electron chi connectivity index (χ0n) is 13.8. The Morgan fingerprint density at radius 2 is 1.50 bits per heavy atom. The minimum atomic E-state index is -0.243. The van der Waals surface area contributed by atoms with Crippen LogP contribution in [-0.4, -0.2) is 6.61 Å². The lowest BCUT2D eigenvalue weighted by atomic mass is 9.69. The Labute approximate surface area is 134 Å². The first-order valence-corrected chi connectivity index (χ1v) is 9.09. The van der Waals surface area contributed by atoms with Crippen LogP contribution in [0, 0.1) is 29.5 Å². The molecule has 2 aliphatic carbocycles. The van der Waals surface area contributed by atoms with E-state index < -0.39 is 0 Å². The van der Waals surface area contributed by atoms with Crippen LogP contribution in [0.4, 0.5) is 4.39 Å². The van der Waals surface area contributed by atoms with E-state index >= 15 is 0 Å². The average molecular weight is 304 g/mol. The van der Waals surface area contributed by atoms with E-state index in [0.717, 1.165) is 17.8 Å². The maximum absolute atomic E-state index is 13.6. The van der Waals surface area contributed by atoms with E-state index in [2.05, 4.69) is 6.92 Å². The van der Waals surface area contributed by atoms with Gasteiger partial charge < -0.3 is 4.74 Å². The molecule has 22 heavy (non-hydrogen) atoms. The summed E-state index contributed by atoms with van der Waals surface area (Å²) < 4.78 is 19.3. The van der Waals surface area contributed by atoms with Crippen molar-refractivity contribution in [2.45, 2.75) is 58.3 Å². The molecule has 0 atom stereocenters.